The highest BCUT2D eigenvalue weighted by atomic mass is 16.6. The summed E-state index contributed by atoms with van der Waals surface area (Å²) >= 11 is 0. The minimum atomic E-state index is -0.823. The smallest absolute Gasteiger partial charge is 0.306 e. The molecule has 0 heterocycles. The van der Waals surface area contributed by atoms with Gasteiger partial charge in [-0.3, -0.25) is 14.4 Å². The van der Waals surface area contributed by atoms with E-state index in [9.17, 15) is 14.4 Å². The van der Waals surface area contributed by atoms with Crippen LogP contribution in [0.15, 0.2) is 146 Å². The fourth-order valence-corrected chi connectivity index (χ4v) is 7.48. The van der Waals surface area contributed by atoms with E-state index in [0.717, 1.165) is 148 Å². The molecule has 0 amide bonds. The second kappa shape index (κ2) is 59.8. The molecule has 0 saturated heterocycles. The molecular weight excluding hydrogens is 901 g/mol. The van der Waals surface area contributed by atoms with Crippen LogP contribution in [0.4, 0.5) is 0 Å². The van der Waals surface area contributed by atoms with E-state index in [0.29, 0.717) is 19.3 Å². The summed E-state index contributed by atoms with van der Waals surface area (Å²) in [6.45, 7) is 6.27. The maximum absolute atomic E-state index is 12.8. The van der Waals surface area contributed by atoms with Crippen LogP contribution in [-0.2, 0) is 28.6 Å². The number of unbranched alkanes of at least 4 members (excludes halogenated alkanes) is 16. The molecule has 410 valence electrons. The van der Waals surface area contributed by atoms with E-state index < -0.39 is 6.10 Å². The van der Waals surface area contributed by atoms with Gasteiger partial charge in [0.2, 0.25) is 0 Å². The van der Waals surface area contributed by atoms with Gasteiger partial charge in [-0.15, -0.1) is 0 Å². The third kappa shape index (κ3) is 58.1. The van der Waals surface area contributed by atoms with Crippen LogP contribution in [0.2, 0.25) is 0 Å². The van der Waals surface area contributed by atoms with Crippen molar-refractivity contribution in [2.45, 2.75) is 245 Å². The van der Waals surface area contributed by atoms with Crippen molar-refractivity contribution in [2.75, 3.05) is 13.2 Å². The summed E-state index contributed by atoms with van der Waals surface area (Å²) in [5, 5.41) is 0. The quantitative estimate of drug-likeness (QED) is 0.0261. The lowest BCUT2D eigenvalue weighted by molar-refractivity contribution is -0.167. The number of rotatable bonds is 51. The van der Waals surface area contributed by atoms with E-state index in [4.69, 9.17) is 14.2 Å². The third-order valence-corrected chi connectivity index (χ3v) is 11.8. The van der Waals surface area contributed by atoms with Crippen molar-refractivity contribution in [3.8, 4) is 0 Å². The maximum Gasteiger partial charge on any atom is 0.306 e. The van der Waals surface area contributed by atoms with Crippen LogP contribution in [0.1, 0.15) is 239 Å². The molecule has 0 N–H and O–H groups in total. The van der Waals surface area contributed by atoms with Crippen molar-refractivity contribution in [2.24, 2.45) is 0 Å². The largest absolute Gasteiger partial charge is 0.462 e. The van der Waals surface area contributed by atoms with Gasteiger partial charge >= 0.3 is 17.9 Å². The summed E-state index contributed by atoms with van der Waals surface area (Å²) in [5.41, 5.74) is 0. The maximum atomic E-state index is 12.8. The number of ether oxygens (including phenoxy) is 3. The first-order valence-electron chi connectivity index (χ1n) is 29.3. The zero-order valence-electron chi connectivity index (χ0n) is 46.8. The fraction of sp³-hybridized carbons (Fsp3) is 0.597. The Bertz CT molecular complexity index is 1630. The monoisotopic (exact) mass is 1010 g/mol. The van der Waals surface area contributed by atoms with Gasteiger partial charge in [-0.1, -0.05) is 237 Å². The highest BCUT2D eigenvalue weighted by Crippen LogP contribution is 2.14. The highest BCUT2D eigenvalue weighted by molar-refractivity contribution is 5.71. The van der Waals surface area contributed by atoms with Gasteiger partial charge in [-0.25, -0.2) is 0 Å². The average Bonchev–Trinajstić information content (AvgIpc) is 3.39. The normalized spacial score (nSPS) is 13.2. The van der Waals surface area contributed by atoms with E-state index in [1.165, 1.54) is 44.9 Å². The van der Waals surface area contributed by atoms with Crippen molar-refractivity contribution < 1.29 is 28.6 Å². The van der Waals surface area contributed by atoms with Gasteiger partial charge in [-0.2, -0.15) is 0 Å². The Hall–Kier alpha value is -4.71. The minimum Gasteiger partial charge on any atom is -0.462 e. The Kier molecular flexibility index (Phi) is 56.0. The first-order valence-corrected chi connectivity index (χ1v) is 29.3. The van der Waals surface area contributed by atoms with E-state index in [2.05, 4.69) is 167 Å². The molecule has 0 bridgehead atoms. The van der Waals surface area contributed by atoms with Crippen LogP contribution in [0.5, 0.6) is 0 Å². The zero-order valence-corrected chi connectivity index (χ0v) is 46.8. The van der Waals surface area contributed by atoms with E-state index in [1.54, 1.807) is 0 Å². The summed E-state index contributed by atoms with van der Waals surface area (Å²) in [6, 6.07) is 0. The molecule has 0 aliphatic rings. The van der Waals surface area contributed by atoms with Crippen LogP contribution in [0.3, 0.4) is 0 Å². The molecule has 0 aromatic carbocycles. The van der Waals surface area contributed by atoms with Gasteiger partial charge < -0.3 is 14.2 Å². The number of hydrogen-bond donors (Lipinski definition) is 0. The van der Waals surface area contributed by atoms with Crippen molar-refractivity contribution in [3.63, 3.8) is 0 Å². The summed E-state index contributed by atoms with van der Waals surface area (Å²) < 4.78 is 16.8. The molecule has 0 aliphatic carbocycles. The molecule has 0 aliphatic heterocycles. The second-order valence-corrected chi connectivity index (χ2v) is 18.8. The first-order chi connectivity index (χ1) is 36.0. The number of carbonyl (C=O) groups excluding carboxylic acids is 3. The average molecular weight is 1010 g/mol. The van der Waals surface area contributed by atoms with Crippen LogP contribution in [0, 0.1) is 0 Å². The van der Waals surface area contributed by atoms with E-state index in [1.807, 2.05) is 0 Å². The third-order valence-electron chi connectivity index (χ3n) is 11.8. The molecular formula is C67H106O6. The minimum absolute atomic E-state index is 0.114. The van der Waals surface area contributed by atoms with E-state index >= 15 is 0 Å². The molecule has 0 aromatic rings. The van der Waals surface area contributed by atoms with E-state index in [-0.39, 0.29) is 37.5 Å². The summed E-state index contributed by atoms with van der Waals surface area (Å²) in [7, 11) is 0. The molecule has 6 heteroatoms. The number of carbonyl (C=O) groups is 3. The highest BCUT2D eigenvalue weighted by Gasteiger charge is 2.19. The molecule has 0 saturated carbocycles. The van der Waals surface area contributed by atoms with Gasteiger partial charge in [0.25, 0.3) is 0 Å². The Morgan fingerprint density at radius 2 is 0.548 bits per heavy atom. The van der Waals surface area contributed by atoms with Gasteiger partial charge in [0.05, 0.1) is 0 Å². The molecule has 0 radical (unpaired) electrons. The summed E-state index contributed by atoms with van der Waals surface area (Å²) in [6.07, 6.45) is 85.6. The number of allylic oxidation sites excluding steroid dienone is 24. The van der Waals surface area contributed by atoms with Crippen LogP contribution in [0.25, 0.3) is 0 Å². The lowest BCUT2D eigenvalue weighted by Gasteiger charge is -2.18. The predicted molar refractivity (Wildman–Crippen MR) is 315 cm³/mol. The lowest BCUT2D eigenvalue weighted by atomic mass is 10.1. The Morgan fingerprint density at radius 3 is 0.877 bits per heavy atom. The van der Waals surface area contributed by atoms with Crippen molar-refractivity contribution >= 4 is 17.9 Å². The summed E-state index contributed by atoms with van der Waals surface area (Å²) in [5.74, 6) is -0.999. The molecule has 0 fully saturated rings. The molecule has 6 nitrogen and oxygen atoms in total. The van der Waals surface area contributed by atoms with Crippen molar-refractivity contribution in [3.05, 3.63) is 146 Å². The Morgan fingerprint density at radius 1 is 0.288 bits per heavy atom. The molecule has 1 unspecified atom stereocenters. The van der Waals surface area contributed by atoms with Crippen molar-refractivity contribution in [1.29, 1.82) is 0 Å². The molecule has 73 heavy (non-hydrogen) atoms. The van der Waals surface area contributed by atoms with Gasteiger partial charge in [0.15, 0.2) is 6.10 Å². The van der Waals surface area contributed by atoms with Crippen LogP contribution >= 0.6 is 0 Å². The Balaban J connectivity index is 4.44. The van der Waals surface area contributed by atoms with Gasteiger partial charge in [0.1, 0.15) is 13.2 Å². The zero-order chi connectivity index (χ0) is 52.9. The SMILES string of the molecule is CC/C=C\C/C=C\C/C=C\C/C=C\C/C=C\CCCCCCCCCCCC(=O)OCC(COC(=O)CCCCCCC/C=C\C/C=C\CCC)OC(=O)CCC/C=C\C/C=C\C/C=C\C/C=C\C/C=C\CC. The predicted octanol–water partition coefficient (Wildman–Crippen LogP) is 20.0. The molecule has 0 aromatic heterocycles. The van der Waals surface area contributed by atoms with Crippen LogP contribution in [-0.4, -0.2) is 37.2 Å². The van der Waals surface area contributed by atoms with Gasteiger partial charge in [-0.05, 0) is 128 Å². The van der Waals surface area contributed by atoms with Crippen molar-refractivity contribution in [1.82, 2.24) is 0 Å². The fourth-order valence-electron chi connectivity index (χ4n) is 7.48. The molecule has 0 spiro atoms. The summed E-state index contributed by atoms with van der Waals surface area (Å²) in [4.78, 5) is 38.2. The topological polar surface area (TPSA) is 78.9 Å². The Labute approximate surface area is 448 Å². The lowest BCUT2D eigenvalue weighted by Crippen LogP contribution is -2.30. The number of esters is 3. The molecule has 0 rings (SSSR count). The van der Waals surface area contributed by atoms with Gasteiger partial charge in [0, 0.05) is 19.3 Å². The standard InChI is InChI=1S/C67H106O6/c1-4-7-10-13-16-19-22-25-27-29-30-31-32-33-34-35-36-38-39-42-45-48-51-54-57-60-66(69)72-63-64(62-71-65(68)59-56-53-50-47-44-41-24-21-18-15-12-9-6-3)73-67(70)61-58-55-52-49-46-43-40-37-28-26-23-20-17-14-11-8-5-2/h7-8,10-12,15-17,19-21,24-28,30-31,33-34,40,43,49,52,64H,4-6,9,13-14,18,22-23,29,32,35-39,41-42,44-48,50-51,53-63H2,1-3H3/b10-7-,11-8-,15-12-,19-16-,20-17-,24-21-,27-25-,28-26-,31-30-,34-33-,43-40-,52-49-. The molecule has 1 atom stereocenters. The number of hydrogen-bond acceptors (Lipinski definition) is 6. The second-order valence-electron chi connectivity index (χ2n) is 18.8. The van der Waals surface area contributed by atoms with Crippen LogP contribution < -0.4 is 0 Å². The first kappa shape index (κ1) is 68.3.